The molecule has 3 heterocycles. The average Bonchev–Trinajstić information content (AvgIpc) is 3.31. The van der Waals surface area contributed by atoms with E-state index in [-0.39, 0.29) is 6.54 Å². The zero-order valence-corrected chi connectivity index (χ0v) is 16.0. The topological polar surface area (TPSA) is 79.6 Å². The van der Waals surface area contributed by atoms with E-state index in [4.69, 9.17) is 9.73 Å². The Bertz CT molecular complexity index is 1180. The molecule has 142 valence electrons. The molecule has 0 radical (unpaired) electrons. The van der Waals surface area contributed by atoms with Crippen molar-refractivity contribution in [3.05, 3.63) is 76.6 Å². The van der Waals surface area contributed by atoms with E-state index < -0.39 is 5.97 Å². The van der Waals surface area contributed by atoms with Gasteiger partial charge in [0.2, 0.25) is 0 Å². The number of aryl methyl sites for hydroxylation is 2. The van der Waals surface area contributed by atoms with Crippen molar-refractivity contribution in [2.24, 2.45) is 4.99 Å². The second-order valence-electron chi connectivity index (χ2n) is 6.86. The number of aliphatic carboxylic acids is 1. The number of methoxy groups -OCH3 is 1. The molecule has 0 bridgehead atoms. The summed E-state index contributed by atoms with van der Waals surface area (Å²) >= 11 is 0. The number of benzene rings is 1. The highest BCUT2D eigenvalue weighted by Gasteiger charge is 2.21. The maximum absolute atomic E-state index is 11.4. The van der Waals surface area contributed by atoms with E-state index in [1.165, 1.54) is 0 Å². The number of fused-ring (bicyclic) bond motifs is 1. The highest BCUT2D eigenvalue weighted by molar-refractivity contribution is 6.13. The van der Waals surface area contributed by atoms with Crippen LogP contribution >= 0.6 is 0 Å². The molecular formula is C22H21N3O3. The monoisotopic (exact) mass is 375 g/mol. The Morgan fingerprint density at radius 1 is 1.29 bits per heavy atom. The molecular weight excluding hydrogens is 354 g/mol. The molecule has 0 atom stereocenters. The molecule has 0 saturated carbocycles. The lowest BCUT2D eigenvalue weighted by molar-refractivity contribution is -0.137. The maximum atomic E-state index is 11.4. The van der Waals surface area contributed by atoms with Gasteiger partial charge in [-0.25, -0.2) is 4.99 Å². The van der Waals surface area contributed by atoms with Gasteiger partial charge >= 0.3 is 5.97 Å². The van der Waals surface area contributed by atoms with Crippen LogP contribution in [0.3, 0.4) is 0 Å². The van der Waals surface area contributed by atoms with E-state index in [9.17, 15) is 9.90 Å². The van der Waals surface area contributed by atoms with E-state index in [1.807, 2.05) is 56.3 Å². The first-order chi connectivity index (χ1) is 13.5. The molecule has 0 saturated heterocycles. The van der Waals surface area contributed by atoms with Gasteiger partial charge in [0.1, 0.15) is 18.0 Å². The largest absolute Gasteiger partial charge is 0.494 e. The number of hydrogen-bond donors (Lipinski definition) is 2. The number of aromatic amines is 1. The lowest BCUT2D eigenvalue weighted by Gasteiger charge is -2.06. The van der Waals surface area contributed by atoms with Gasteiger partial charge in [-0.3, -0.25) is 4.79 Å². The SMILES string of the molecule is COC1=CC(c2cc3ccccc3n2CC(=O)O)=N/C1=C\c1[nH]c(C)cc1C. The van der Waals surface area contributed by atoms with Crippen molar-refractivity contribution in [3.8, 4) is 0 Å². The molecule has 1 aliphatic heterocycles. The lowest BCUT2D eigenvalue weighted by Crippen LogP contribution is -2.13. The van der Waals surface area contributed by atoms with Crippen molar-refractivity contribution in [2.45, 2.75) is 20.4 Å². The molecule has 1 aromatic carbocycles. The van der Waals surface area contributed by atoms with Crippen molar-refractivity contribution < 1.29 is 14.6 Å². The zero-order valence-electron chi connectivity index (χ0n) is 16.0. The van der Waals surface area contributed by atoms with Crippen LogP contribution in [-0.2, 0) is 16.1 Å². The van der Waals surface area contributed by atoms with Crippen molar-refractivity contribution in [3.63, 3.8) is 0 Å². The summed E-state index contributed by atoms with van der Waals surface area (Å²) in [7, 11) is 1.61. The van der Waals surface area contributed by atoms with Gasteiger partial charge in [0.05, 0.1) is 18.5 Å². The molecule has 6 nitrogen and oxygen atoms in total. The number of carbonyl (C=O) groups is 1. The summed E-state index contributed by atoms with van der Waals surface area (Å²) in [5.74, 6) is -0.251. The number of rotatable bonds is 5. The van der Waals surface area contributed by atoms with Crippen LogP contribution < -0.4 is 0 Å². The van der Waals surface area contributed by atoms with Crippen LogP contribution in [0.1, 0.15) is 22.6 Å². The molecule has 2 N–H and O–H groups in total. The number of ether oxygens (including phenoxy) is 1. The third-order valence-corrected chi connectivity index (χ3v) is 4.82. The molecule has 0 fully saturated rings. The van der Waals surface area contributed by atoms with Crippen LogP contribution in [0.2, 0.25) is 0 Å². The smallest absolute Gasteiger partial charge is 0.323 e. The number of nitrogens with zero attached hydrogens (tertiary/aromatic N) is 2. The molecule has 28 heavy (non-hydrogen) atoms. The van der Waals surface area contributed by atoms with Gasteiger partial charge in [0, 0.05) is 28.4 Å². The zero-order chi connectivity index (χ0) is 19.8. The molecule has 2 aromatic heterocycles. The summed E-state index contributed by atoms with van der Waals surface area (Å²) < 4.78 is 7.30. The molecule has 0 unspecified atom stereocenters. The standard InChI is InChI=1S/C22H21N3O3/c1-13-8-14(2)23-16(13)10-18-21(28-3)11-17(24-18)20-9-15-6-4-5-7-19(15)25(20)12-22(26)27/h4-11,23H,12H2,1-3H3,(H,26,27)/b18-10-. The van der Waals surface area contributed by atoms with Crippen LogP contribution in [0.5, 0.6) is 0 Å². The maximum Gasteiger partial charge on any atom is 0.323 e. The molecule has 6 heteroatoms. The lowest BCUT2D eigenvalue weighted by atomic mass is 10.2. The molecule has 0 aliphatic carbocycles. The van der Waals surface area contributed by atoms with E-state index in [0.29, 0.717) is 17.2 Å². The number of nitrogens with one attached hydrogen (secondary N) is 1. The molecule has 0 spiro atoms. The third-order valence-electron chi connectivity index (χ3n) is 4.82. The summed E-state index contributed by atoms with van der Waals surface area (Å²) in [5, 5.41) is 10.3. The van der Waals surface area contributed by atoms with Crippen molar-refractivity contribution in [2.75, 3.05) is 7.11 Å². The highest BCUT2D eigenvalue weighted by atomic mass is 16.5. The van der Waals surface area contributed by atoms with E-state index in [2.05, 4.69) is 11.1 Å². The number of aromatic nitrogens is 2. The van der Waals surface area contributed by atoms with Crippen molar-refractivity contribution in [1.29, 1.82) is 0 Å². The fourth-order valence-electron chi connectivity index (χ4n) is 3.58. The minimum absolute atomic E-state index is 0.133. The van der Waals surface area contributed by atoms with E-state index in [0.717, 1.165) is 33.5 Å². The second kappa shape index (κ2) is 6.88. The van der Waals surface area contributed by atoms with Gasteiger partial charge in [0.25, 0.3) is 0 Å². The Labute approximate surface area is 162 Å². The molecule has 4 rings (SSSR count). The van der Waals surface area contributed by atoms with Gasteiger partial charge in [0.15, 0.2) is 0 Å². The fourth-order valence-corrected chi connectivity index (χ4v) is 3.58. The number of H-pyrrole nitrogens is 1. The number of allylic oxidation sites excluding steroid dienone is 1. The Hall–Kier alpha value is -3.54. The van der Waals surface area contributed by atoms with Gasteiger partial charge < -0.3 is 19.4 Å². The third kappa shape index (κ3) is 3.13. The summed E-state index contributed by atoms with van der Waals surface area (Å²) in [4.78, 5) is 19.5. The molecule has 1 aliphatic rings. The number of para-hydroxylation sites is 1. The van der Waals surface area contributed by atoms with Crippen LogP contribution in [0.15, 0.2) is 58.9 Å². The van der Waals surface area contributed by atoms with Gasteiger partial charge in [-0.05, 0) is 43.7 Å². The first kappa shape index (κ1) is 17.9. The molecule has 0 amide bonds. The normalized spacial score (nSPS) is 15.2. The van der Waals surface area contributed by atoms with Crippen LogP contribution in [-0.4, -0.2) is 33.4 Å². The van der Waals surface area contributed by atoms with Crippen molar-refractivity contribution >= 4 is 28.7 Å². The Balaban J connectivity index is 1.84. The summed E-state index contributed by atoms with van der Waals surface area (Å²) in [6.07, 6.45) is 3.80. The number of carboxylic acid groups (broad SMARTS) is 1. The van der Waals surface area contributed by atoms with Crippen LogP contribution in [0, 0.1) is 13.8 Å². The first-order valence-corrected chi connectivity index (χ1v) is 8.99. The predicted octanol–water partition coefficient (Wildman–Crippen LogP) is 4.04. The summed E-state index contributed by atoms with van der Waals surface area (Å²) in [6, 6.07) is 11.8. The molecule has 3 aromatic rings. The van der Waals surface area contributed by atoms with E-state index in [1.54, 1.807) is 11.7 Å². The van der Waals surface area contributed by atoms with Gasteiger partial charge in [-0.15, -0.1) is 0 Å². The quantitative estimate of drug-likeness (QED) is 0.706. The number of hydrogen-bond acceptors (Lipinski definition) is 3. The second-order valence-corrected chi connectivity index (χ2v) is 6.86. The number of aliphatic imine (C=N–C) groups is 1. The summed E-state index contributed by atoms with van der Waals surface area (Å²) in [6.45, 7) is 3.91. The minimum atomic E-state index is -0.898. The fraction of sp³-hybridized carbons (Fsp3) is 0.182. The first-order valence-electron chi connectivity index (χ1n) is 8.99. The minimum Gasteiger partial charge on any atom is -0.494 e. The van der Waals surface area contributed by atoms with Gasteiger partial charge in [-0.2, -0.15) is 0 Å². The van der Waals surface area contributed by atoms with Gasteiger partial charge in [-0.1, -0.05) is 18.2 Å². The highest BCUT2D eigenvalue weighted by Crippen LogP contribution is 2.28. The number of carboxylic acids is 1. The van der Waals surface area contributed by atoms with Crippen LogP contribution in [0.25, 0.3) is 17.0 Å². The van der Waals surface area contributed by atoms with E-state index >= 15 is 0 Å². The van der Waals surface area contributed by atoms with Crippen molar-refractivity contribution in [1.82, 2.24) is 9.55 Å². The summed E-state index contributed by atoms with van der Waals surface area (Å²) in [5.41, 5.74) is 6.19. The Morgan fingerprint density at radius 3 is 2.75 bits per heavy atom. The Kier molecular flexibility index (Phi) is 4.39. The average molecular weight is 375 g/mol. The predicted molar refractivity (Wildman–Crippen MR) is 109 cm³/mol. The Morgan fingerprint density at radius 2 is 2.07 bits per heavy atom. The van der Waals surface area contributed by atoms with Crippen LogP contribution in [0.4, 0.5) is 0 Å².